The van der Waals surface area contributed by atoms with Crippen molar-refractivity contribution in [3.05, 3.63) is 41.3 Å². The molecule has 1 aliphatic carbocycles. The number of hydrogen-bond donors (Lipinski definition) is 2. The average Bonchev–Trinajstić information content (AvgIpc) is 3.53. The molecular weight excluding hydrogens is 468 g/mol. The van der Waals surface area contributed by atoms with Gasteiger partial charge in [0.15, 0.2) is 0 Å². The summed E-state index contributed by atoms with van der Waals surface area (Å²) in [7, 11) is 0. The van der Waals surface area contributed by atoms with Gasteiger partial charge in [0.25, 0.3) is 11.8 Å². The Morgan fingerprint density at radius 2 is 2.03 bits per heavy atom. The Balaban J connectivity index is 1.47. The molecule has 3 aromatic rings. The van der Waals surface area contributed by atoms with Crippen molar-refractivity contribution >= 4 is 22.8 Å². The number of amides is 2. The fourth-order valence-corrected chi connectivity index (χ4v) is 4.63. The van der Waals surface area contributed by atoms with Crippen molar-refractivity contribution in [3.8, 4) is 17.0 Å². The predicted molar refractivity (Wildman–Crippen MR) is 130 cm³/mol. The minimum atomic E-state index is -3.23. The van der Waals surface area contributed by atoms with Crippen molar-refractivity contribution in [1.29, 1.82) is 0 Å². The Kier molecular flexibility index (Phi) is 6.13. The largest absolute Gasteiger partial charge is 0.493 e. The summed E-state index contributed by atoms with van der Waals surface area (Å²) < 4.78 is 35.3. The Labute approximate surface area is 207 Å². The summed E-state index contributed by atoms with van der Waals surface area (Å²) in [4.78, 5) is 38.3. The average molecular weight is 498 g/mol. The van der Waals surface area contributed by atoms with E-state index in [0.717, 1.165) is 28.9 Å². The quantitative estimate of drug-likeness (QED) is 0.514. The number of halogens is 2. The van der Waals surface area contributed by atoms with Crippen LogP contribution in [-0.2, 0) is 4.79 Å². The number of hydrogen-bond acceptors (Lipinski definition) is 5. The van der Waals surface area contributed by atoms with E-state index in [1.54, 1.807) is 13.8 Å². The van der Waals surface area contributed by atoms with Gasteiger partial charge in [0.05, 0.1) is 24.2 Å². The maximum absolute atomic E-state index is 14.6. The first kappa shape index (κ1) is 24.1. The zero-order valence-electron chi connectivity index (χ0n) is 20.5. The smallest absolute Gasteiger partial charge is 0.286 e. The minimum Gasteiger partial charge on any atom is -0.493 e. The van der Waals surface area contributed by atoms with E-state index in [-0.39, 0.29) is 24.4 Å². The second-order valence-electron chi connectivity index (χ2n) is 9.74. The molecule has 190 valence electrons. The lowest BCUT2D eigenvalue weighted by Gasteiger charge is -2.18. The van der Waals surface area contributed by atoms with Crippen LogP contribution in [0.3, 0.4) is 0 Å². The minimum absolute atomic E-state index is 0.128. The van der Waals surface area contributed by atoms with Crippen molar-refractivity contribution in [3.63, 3.8) is 0 Å². The standard InChI is InChI=1S/C26H29F2N5O3/c1-4-20(34)33-10-19(26(27,28)12-33)32-25(35)21-15(3)31-24-22(29-13-30-23(21)24)17-9-14(2)5-8-18(17)36-11-16-6-7-16/h5,8-9,13,16,19,31H,4,6-7,10-12H2,1-3H3,(H,32,35). The van der Waals surface area contributed by atoms with Gasteiger partial charge in [0.2, 0.25) is 5.91 Å². The number of alkyl halides is 2. The SMILES string of the molecule is CCC(=O)N1CC(NC(=O)c2c(C)[nH]c3c(-c4cc(C)ccc4OCC4CC4)ncnc23)C(F)(F)C1. The van der Waals surface area contributed by atoms with Gasteiger partial charge in [-0.15, -0.1) is 0 Å². The predicted octanol–water partition coefficient (Wildman–Crippen LogP) is 4.02. The number of carbonyl (C=O) groups is 2. The molecule has 2 N–H and O–H groups in total. The normalized spacial score (nSPS) is 19.0. The van der Waals surface area contributed by atoms with Gasteiger partial charge in [-0.05, 0) is 44.7 Å². The number of aromatic nitrogens is 3. The number of nitrogens with zero attached hydrogens (tertiary/aromatic N) is 3. The molecule has 1 aromatic carbocycles. The third-order valence-electron chi connectivity index (χ3n) is 6.84. The Bertz CT molecular complexity index is 1330. The third-order valence-corrected chi connectivity index (χ3v) is 6.84. The summed E-state index contributed by atoms with van der Waals surface area (Å²) in [6, 6.07) is 4.37. The zero-order chi connectivity index (χ0) is 25.6. The highest BCUT2D eigenvalue weighted by Crippen LogP contribution is 2.37. The summed E-state index contributed by atoms with van der Waals surface area (Å²) in [5.41, 5.74) is 3.90. The van der Waals surface area contributed by atoms with Crippen molar-refractivity contribution in [2.24, 2.45) is 5.92 Å². The van der Waals surface area contributed by atoms with E-state index < -0.39 is 24.4 Å². The summed E-state index contributed by atoms with van der Waals surface area (Å²) >= 11 is 0. The van der Waals surface area contributed by atoms with E-state index >= 15 is 0 Å². The van der Waals surface area contributed by atoms with Gasteiger partial charge in [-0.25, -0.2) is 18.7 Å². The summed E-state index contributed by atoms with van der Waals surface area (Å²) in [6.45, 7) is 4.98. The second kappa shape index (κ2) is 9.15. The van der Waals surface area contributed by atoms with Gasteiger partial charge in [-0.2, -0.15) is 0 Å². The van der Waals surface area contributed by atoms with Gasteiger partial charge in [0, 0.05) is 24.2 Å². The molecule has 2 amide bonds. The van der Waals surface area contributed by atoms with E-state index in [1.165, 1.54) is 6.33 Å². The number of aryl methyl sites for hydroxylation is 2. The highest BCUT2D eigenvalue weighted by atomic mass is 19.3. The first-order chi connectivity index (χ1) is 17.2. The van der Waals surface area contributed by atoms with E-state index in [9.17, 15) is 18.4 Å². The number of likely N-dealkylation sites (tertiary alicyclic amines) is 1. The number of aromatic amines is 1. The zero-order valence-corrected chi connectivity index (χ0v) is 20.5. The van der Waals surface area contributed by atoms with Crippen LogP contribution >= 0.6 is 0 Å². The number of benzene rings is 1. The van der Waals surface area contributed by atoms with E-state index in [2.05, 4.69) is 20.3 Å². The molecule has 2 fully saturated rings. The van der Waals surface area contributed by atoms with Crippen LogP contribution in [0.2, 0.25) is 0 Å². The fourth-order valence-electron chi connectivity index (χ4n) is 4.63. The Hall–Kier alpha value is -3.56. The molecule has 5 rings (SSSR count). The van der Waals surface area contributed by atoms with Crippen LogP contribution in [-0.4, -0.2) is 63.3 Å². The summed E-state index contributed by atoms with van der Waals surface area (Å²) in [5.74, 6) is -3.00. The molecule has 3 heterocycles. The van der Waals surface area contributed by atoms with Crippen molar-refractivity contribution in [2.45, 2.75) is 52.0 Å². The molecule has 1 atom stereocenters. The lowest BCUT2D eigenvalue weighted by molar-refractivity contribution is -0.131. The van der Waals surface area contributed by atoms with Crippen LogP contribution in [0.15, 0.2) is 24.5 Å². The van der Waals surface area contributed by atoms with Crippen molar-refractivity contribution in [1.82, 2.24) is 25.2 Å². The highest BCUT2D eigenvalue weighted by Gasteiger charge is 2.50. The third kappa shape index (κ3) is 4.52. The van der Waals surface area contributed by atoms with Gasteiger partial charge >= 0.3 is 0 Å². The molecule has 0 bridgehead atoms. The number of nitrogens with one attached hydrogen (secondary N) is 2. The van der Waals surface area contributed by atoms with Gasteiger partial charge in [0.1, 0.15) is 29.3 Å². The van der Waals surface area contributed by atoms with Gasteiger partial charge < -0.3 is 19.9 Å². The first-order valence-electron chi connectivity index (χ1n) is 12.2. The lowest BCUT2D eigenvalue weighted by atomic mass is 10.1. The second-order valence-corrected chi connectivity index (χ2v) is 9.74. The Morgan fingerprint density at radius 3 is 2.75 bits per heavy atom. The van der Waals surface area contributed by atoms with Crippen molar-refractivity contribution < 1.29 is 23.1 Å². The highest BCUT2D eigenvalue weighted by molar-refractivity contribution is 6.09. The fraction of sp³-hybridized carbons (Fsp3) is 0.462. The van der Waals surface area contributed by atoms with Gasteiger partial charge in [-0.3, -0.25) is 9.59 Å². The van der Waals surface area contributed by atoms with E-state index in [4.69, 9.17) is 4.74 Å². The molecule has 36 heavy (non-hydrogen) atoms. The molecule has 8 nitrogen and oxygen atoms in total. The molecule has 10 heteroatoms. The van der Waals surface area contributed by atoms with E-state index in [1.807, 2.05) is 25.1 Å². The number of rotatable bonds is 7. The van der Waals surface area contributed by atoms with Crippen LogP contribution in [0.4, 0.5) is 8.78 Å². The van der Waals surface area contributed by atoms with Crippen LogP contribution in [0, 0.1) is 19.8 Å². The first-order valence-corrected chi connectivity index (χ1v) is 12.2. The van der Waals surface area contributed by atoms with Gasteiger partial charge in [-0.1, -0.05) is 18.6 Å². The van der Waals surface area contributed by atoms with Crippen LogP contribution in [0.25, 0.3) is 22.3 Å². The molecule has 0 radical (unpaired) electrons. The van der Waals surface area contributed by atoms with E-state index in [0.29, 0.717) is 40.7 Å². The van der Waals surface area contributed by atoms with Crippen molar-refractivity contribution in [2.75, 3.05) is 19.7 Å². The maximum atomic E-state index is 14.6. The lowest BCUT2D eigenvalue weighted by Crippen LogP contribution is -2.46. The molecule has 0 spiro atoms. The maximum Gasteiger partial charge on any atom is 0.286 e. The Morgan fingerprint density at radius 1 is 1.25 bits per heavy atom. The molecule has 2 aromatic heterocycles. The molecule has 1 saturated carbocycles. The molecule has 1 aliphatic heterocycles. The van der Waals surface area contributed by atoms with Crippen LogP contribution in [0.5, 0.6) is 5.75 Å². The molecule has 1 unspecified atom stereocenters. The topological polar surface area (TPSA) is 100 Å². The van der Waals surface area contributed by atoms with Crippen LogP contribution in [0.1, 0.15) is 47.8 Å². The summed E-state index contributed by atoms with van der Waals surface area (Å²) in [5, 5.41) is 2.44. The number of H-pyrrole nitrogens is 1. The molecule has 1 saturated heterocycles. The monoisotopic (exact) mass is 497 g/mol. The number of fused-ring (bicyclic) bond motifs is 1. The number of ether oxygens (including phenoxy) is 1. The van der Waals surface area contributed by atoms with Crippen LogP contribution < -0.4 is 10.1 Å². The summed E-state index contributed by atoms with van der Waals surface area (Å²) in [6.07, 6.45) is 3.82. The molecular formula is C26H29F2N5O3. The number of carbonyl (C=O) groups excluding carboxylic acids is 2. The molecule has 2 aliphatic rings.